The van der Waals surface area contributed by atoms with Gasteiger partial charge in [0.1, 0.15) is 0 Å². The zero-order valence-corrected chi connectivity index (χ0v) is 16.9. The second-order valence-electron chi connectivity index (χ2n) is 7.08. The summed E-state index contributed by atoms with van der Waals surface area (Å²) in [5.74, 6) is -1.03. The van der Waals surface area contributed by atoms with Crippen LogP contribution in [-0.2, 0) is 20.9 Å². The van der Waals surface area contributed by atoms with Gasteiger partial charge in [-0.05, 0) is 44.9 Å². The molecule has 0 heterocycles. The molecule has 5 nitrogen and oxygen atoms in total. The Morgan fingerprint density at radius 2 is 1.57 bits per heavy atom. The summed E-state index contributed by atoms with van der Waals surface area (Å²) in [7, 11) is 0. The van der Waals surface area contributed by atoms with Gasteiger partial charge in [-0.15, -0.1) is 0 Å². The number of aryl methyl sites for hydroxylation is 3. The van der Waals surface area contributed by atoms with Crippen LogP contribution in [0.15, 0.2) is 42.5 Å². The third kappa shape index (κ3) is 6.34. The molecule has 0 aliphatic heterocycles. The van der Waals surface area contributed by atoms with Gasteiger partial charge in [-0.25, -0.2) is 0 Å². The molecule has 1 N–H and O–H groups in total. The van der Waals surface area contributed by atoms with Crippen LogP contribution >= 0.6 is 0 Å². The molecule has 0 saturated heterocycles. The first-order valence-corrected chi connectivity index (χ1v) is 9.39. The molecule has 0 saturated carbocycles. The van der Waals surface area contributed by atoms with Crippen molar-refractivity contribution in [1.82, 2.24) is 5.32 Å². The summed E-state index contributed by atoms with van der Waals surface area (Å²) >= 11 is 0. The molecular formula is C23H27NO4. The van der Waals surface area contributed by atoms with Crippen molar-refractivity contribution in [2.24, 2.45) is 0 Å². The van der Waals surface area contributed by atoms with E-state index in [4.69, 9.17) is 4.74 Å². The van der Waals surface area contributed by atoms with E-state index in [9.17, 15) is 14.4 Å². The van der Waals surface area contributed by atoms with Crippen molar-refractivity contribution >= 4 is 17.7 Å². The highest BCUT2D eigenvalue weighted by molar-refractivity contribution is 5.99. The van der Waals surface area contributed by atoms with Gasteiger partial charge in [0.2, 0.25) is 0 Å². The van der Waals surface area contributed by atoms with Gasteiger partial charge in [-0.1, -0.05) is 47.5 Å². The maximum absolute atomic E-state index is 12.3. The highest BCUT2D eigenvalue weighted by Gasteiger charge is 2.19. The maximum atomic E-state index is 12.3. The molecule has 0 aliphatic rings. The summed E-state index contributed by atoms with van der Waals surface area (Å²) in [6.07, 6.45) is -0.906. The van der Waals surface area contributed by atoms with Gasteiger partial charge in [-0.2, -0.15) is 0 Å². The van der Waals surface area contributed by atoms with Crippen LogP contribution in [0.25, 0.3) is 0 Å². The average molecular weight is 381 g/mol. The highest BCUT2D eigenvalue weighted by atomic mass is 16.5. The first-order valence-electron chi connectivity index (χ1n) is 9.39. The minimum atomic E-state index is -0.909. The topological polar surface area (TPSA) is 72.5 Å². The summed E-state index contributed by atoms with van der Waals surface area (Å²) in [6, 6.07) is 13.5. The summed E-state index contributed by atoms with van der Waals surface area (Å²) in [6.45, 7) is 7.67. The molecule has 0 aliphatic carbocycles. The van der Waals surface area contributed by atoms with E-state index in [1.165, 1.54) is 6.92 Å². The fourth-order valence-corrected chi connectivity index (χ4v) is 2.73. The first kappa shape index (κ1) is 21.4. The predicted molar refractivity (Wildman–Crippen MR) is 108 cm³/mol. The van der Waals surface area contributed by atoms with E-state index in [-0.39, 0.29) is 24.5 Å². The number of nitrogens with one attached hydrogen (secondary N) is 1. The van der Waals surface area contributed by atoms with Crippen molar-refractivity contribution in [2.75, 3.05) is 0 Å². The standard InChI is InChI=1S/C23H27NO4/c1-15-6-9-19(10-7-15)14-24-23(27)18(4)28-22(26)12-11-21(25)20-13-16(2)5-8-17(20)3/h5-10,13,18H,11-12,14H2,1-4H3,(H,24,27)/t18-/m1/s1. The van der Waals surface area contributed by atoms with Crippen molar-refractivity contribution in [3.8, 4) is 0 Å². The van der Waals surface area contributed by atoms with Gasteiger partial charge in [0.05, 0.1) is 6.42 Å². The largest absolute Gasteiger partial charge is 0.453 e. The Bertz CT molecular complexity index is 855. The molecule has 28 heavy (non-hydrogen) atoms. The normalized spacial score (nSPS) is 11.6. The van der Waals surface area contributed by atoms with E-state index < -0.39 is 12.1 Å². The minimum Gasteiger partial charge on any atom is -0.453 e. The number of hydrogen-bond acceptors (Lipinski definition) is 4. The number of rotatable bonds is 8. The summed E-state index contributed by atoms with van der Waals surface area (Å²) in [5.41, 5.74) is 4.62. The number of ketones is 1. The number of ether oxygens (including phenoxy) is 1. The van der Waals surface area contributed by atoms with Crippen LogP contribution in [0, 0.1) is 20.8 Å². The van der Waals surface area contributed by atoms with Crippen molar-refractivity contribution in [3.63, 3.8) is 0 Å². The lowest BCUT2D eigenvalue weighted by Gasteiger charge is -2.14. The van der Waals surface area contributed by atoms with E-state index in [0.717, 1.165) is 22.3 Å². The molecule has 0 bridgehead atoms. The Hall–Kier alpha value is -2.95. The predicted octanol–water partition coefficient (Wildman–Crippen LogP) is 3.82. The molecule has 0 aromatic heterocycles. The third-order valence-corrected chi connectivity index (χ3v) is 4.51. The number of hydrogen-bond donors (Lipinski definition) is 1. The number of esters is 1. The Morgan fingerprint density at radius 1 is 0.929 bits per heavy atom. The van der Waals surface area contributed by atoms with Crippen molar-refractivity contribution in [1.29, 1.82) is 0 Å². The molecule has 1 atom stereocenters. The molecule has 148 valence electrons. The molecule has 5 heteroatoms. The fourth-order valence-electron chi connectivity index (χ4n) is 2.73. The minimum absolute atomic E-state index is 0.0538. The molecule has 0 spiro atoms. The molecule has 0 fully saturated rings. The van der Waals surface area contributed by atoms with Crippen LogP contribution in [0.4, 0.5) is 0 Å². The molecule has 2 rings (SSSR count). The number of amides is 1. The van der Waals surface area contributed by atoms with Crippen LogP contribution in [0.2, 0.25) is 0 Å². The van der Waals surface area contributed by atoms with Crippen LogP contribution in [0.3, 0.4) is 0 Å². The van der Waals surface area contributed by atoms with E-state index in [1.54, 1.807) is 0 Å². The fraction of sp³-hybridized carbons (Fsp3) is 0.348. The van der Waals surface area contributed by atoms with Crippen molar-refractivity contribution < 1.29 is 19.1 Å². The Labute approximate surface area is 166 Å². The Balaban J connectivity index is 1.78. The van der Waals surface area contributed by atoms with Gasteiger partial charge in [0, 0.05) is 18.5 Å². The zero-order valence-electron chi connectivity index (χ0n) is 16.9. The highest BCUT2D eigenvalue weighted by Crippen LogP contribution is 2.14. The summed E-state index contributed by atoms with van der Waals surface area (Å²) in [4.78, 5) is 36.4. The van der Waals surface area contributed by atoms with Crippen LogP contribution < -0.4 is 5.32 Å². The SMILES string of the molecule is Cc1ccc(CNC(=O)[C@@H](C)OC(=O)CCC(=O)c2cc(C)ccc2C)cc1. The maximum Gasteiger partial charge on any atom is 0.307 e. The molecule has 1 amide bonds. The van der Waals surface area contributed by atoms with E-state index >= 15 is 0 Å². The monoisotopic (exact) mass is 381 g/mol. The summed E-state index contributed by atoms with van der Waals surface area (Å²) < 4.78 is 5.16. The van der Waals surface area contributed by atoms with Crippen molar-refractivity contribution in [2.45, 2.75) is 53.2 Å². The Kier molecular flexibility index (Phi) is 7.50. The second kappa shape index (κ2) is 9.83. The number of benzene rings is 2. The molecule has 2 aromatic carbocycles. The third-order valence-electron chi connectivity index (χ3n) is 4.51. The van der Waals surface area contributed by atoms with Gasteiger partial charge >= 0.3 is 5.97 Å². The summed E-state index contributed by atoms with van der Waals surface area (Å²) in [5, 5.41) is 2.74. The number of carbonyl (C=O) groups is 3. The lowest BCUT2D eigenvalue weighted by molar-refractivity contribution is -0.154. The van der Waals surface area contributed by atoms with Gasteiger partial charge in [-0.3, -0.25) is 14.4 Å². The van der Waals surface area contributed by atoms with Crippen LogP contribution in [0.1, 0.15) is 52.4 Å². The van der Waals surface area contributed by atoms with E-state index in [0.29, 0.717) is 12.1 Å². The van der Waals surface area contributed by atoms with E-state index in [1.807, 2.05) is 63.2 Å². The van der Waals surface area contributed by atoms with Crippen molar-refractivity contribution in [3.05, 3.63) is 70.3 Å². The van der Waals surface area contributed by atoms with Crippen LogP contribution in [0.5, 0.6) is 0 Å². The molecule has 0 radical (unpaired) electrons. The number of carbonyl (C=O) groups excluding carboxylic acids is 3. The first-order chi connectivity index (χ1) is 13.3. The Morgan fingerprint density at radius 3 is 2.25 bits per heavy atom. The van der Waals surface area contributed by atoms with Crippen LogP contribution in [-0.4, -0.2) is 23.8 Å². The van der Waals surface area contributed by atoms with Gasteiger partial charge < -0.3 is 10.1 Å². The molecule has 0 unspecified atom stereocenters. The van der Waals surface area contributed by atoms with Gasteiger partial charge in [0.15, 0.2) is 11.9 Å². The zero-order chi connectivity index (χ0) is 20.7. The number of Topliss-reactive ketones (excluding diaryl/α,β-unsaturated/α-hetero) is 1. The lowest BCUT2D eigenvalue weighted by atomic mass is 9.99. The average Bonchev–Trinajstić information content (AvgIpc) is 2.67. The van der Waals surface area contributed by atoms with E-state index in [2.05, 4.69) is 5.32 Å². The lowest BCUT2D eigenvalue weighted by Crippen LogP contribution is -2.35. The smallest absolute Gasteiger partial charge is 0.307 e. The molecular weight excluding hydrogens is 354 g/mol. The quantitative estimate of drug-likeness (QED) is 0.557. The second-order valence-corrected chi connectivity index (χ2v) is 7.08. The molecule has 2 aromatic rings. The van der Waals surface area contributed by atoms with Gasteiger partial charge in [0.25, 0.3) is 5.91 Å².